The van der Waals surface area contributed by atoms with Gasteiger partial charge < -0.3 is 14.4 Å². The molecule has 0 N–H and O–H groups in total. The van der Waals surface area contributed by atoms with Gasteiger partial charge in [0.2, 0.25) is 0 Å². The van der Waals surface area contributed by atoms with Crippen LogP contribution in [0, 0.1) is 0 Å². The number of ketones is 1. The fourth-order valence-electron chi connectivity index (χ4n) is 1.92. The molecule has 0 spiro atoms. The summed E-state index contributed by atoms with van der Waals surface area (Å²) in [4.78, 5) is 29.1. The first-order valence-electron chi connectivity index (χ1n) is 6.88. The Balaban J connectivity index is 1.95. The molecule has 1 aromatic rings. The minimum absolute atomic E-state index is 0.189. The second kappa shape index (κ2) is 7.54. The van der Waals surface area contributed by atoms with Gasteiger partial charge in [0.25, 0.3) is 5.78 Å². The third-order valence-corrected chi connectivity index (χ3v) is 3.01. The topological polar surface area (TPSA) is 68.7 Å². The summed E-state index contributed by atoms with van der Waals surface area (Å²) in [5.74, 6) is -0.632. The van der Waals surface area contributed by atoms with Crippen LogP contribution in [-0.2, 0) is 19.1 Å². The first-order valence-corrected chi connectivity index (χ1v) is 6.88. The number of hydrogen-bond acceptors (Lipinski definition) is 6. The van der Waals surface area contributed by atoms with Crippen LogP contribution in [0.25, 0.3) is 6.08 Å². The summed E-state index contributed by atoms with van der Waals surface area (Å²) >= 11 is 0. The monoisotopic (exact) mass is 290 g/mol. The van der Waals surface area contributed by atoms with E-state index in [2.05, 4.69) is 14.6 Å². The number of anilines is 1. The summed E-state index contributed by atoms with van der Waals surface area (Å²) in [6.07, 6.45) is 4.42. The Morgan fingerprint density at radius 2 is 2.14 bits per heavy atom. The molecule has 0 unspecified atom stereocenters. The molecular formula is C15H18N2O4. The summed E-state index contributed by atoms with van der Waals surface area (Å²) in [5, 5.41) is 0. The van der Waals surface area contributed by atoms with Gasteiger partial charge in [-0.15, -0.1) is 0 Å². The van der Waals surface area contributed by atoms with Crippen LogP contribution in [0.2, 0.25) is 0 Å². The van der Waals surface area contributed by atoms with Crippen molar-refractivity contribution in [3.63, 3.8) is 0 Å². The van der Waals surface area contributed by atoms with Gasteiger partial charge in [-0.2, -0.15) is 0 Å². The number of esters is 1. The third kappa shape index (κ3) is 4.39. The van der Waals surface area contributed by atoms with E-state index in [1.807, 2.05) is 12.1 Å². The molecule has 0 aromatic carbocycles. The molecule has 0 aliphatic carbocycles. The normalized spacial score (nSPS) is 15.2. The number of carbonyl (C=O) groups excluding carboxylic acids is 2. The highest BCUT2D eigenvalue weighted by molar-refractivity contribution is 6.39. The summed E-state index contributed by atoms with van der Waals surface area (Å²) in [7, 11) is 0. The SMILES string of the molecule is CCOC(=O)C(=O)C=Cc1ccc(N2CCOCC2)nc1. The highest BCUT2D eigenvalue weighted by atomic mass is 16.5. The van der Waals surface area contributed by atoms with Crippen molar-refractivity contribution in [2.24, 2.45) is 0 Å². The lowest BCUT2D eigenvalue weighted by molar-refractivity contribution is -0.151. The van der Waals surface area contributed by atoms with E-state index in [1.54, 1.807) is 19.2 Å². The van der Waals surface area contributed by atoms with Crippen molar-refractivity contribution in [1.82, 2.24) is 4.98 Å². The first-order chi connectivity index (χ1) is 10.2. The summed E-state index contributed by atoms with van der Waals surface area (Å²) in [5.41, 5.74) is 0.754. The molecule has 0 atom stereocenters. The zero-order valence-electron chi connectivity index (χ0n) is 11.9. The van der Waals surface area contributed by atoms with Gasteiger partial charge in [-0.1, -0.05) is 0 Å². The fraction of sp³-hybridized carbons (Fsp3) is 0.400. The zero-order chi connectivity index (χ0) is 15.1. The summed E-state index contributed by atoms with van der Waals surface area (Å²) < 4.78 is 9.91. The summed E-state index contributed by atoms with van der Waals surface area (Å²) in [6, 6.07) is 3.74. The second-order valence-electron chi connectivity index (χ2n) is 4.47. The molecule has 1 saturated heterocycles. The minimum Gasteiger partial charge on any atom is -0.460 e. The van der Waals surface area contributed by atoms with Crippen molar-refractivity contribution >= 4 is 23.6 Å². The van der Waals surface area contributed by atoms with Crippen molar-refractivity contribution in [3.05, 3.63) is 30.0 Å². The van der Waals surface area contributed by atoms with Gasteiger partial charge >= 0.3 is 5.97 Å². The molecule has 21 heavy (non-hydrogen) atoms. The van der Waals surface area contributed by atoms with Crippen LogP contribution in [0.3, 0.4) is 0 Å². The van der Waals surface area contributed by atoms with Crippen LogP contribution in [0.5, 0.6) is 0 Å². The van der Waals surface area contributed by atoms with Crippen molar-refractivity contribution in [3.8, 4) is 0 Å². The van der Waals surface area contributed by atoms with E-state index in [9.17, 15) is 9.59 Å². The minimum atomic E-state index is -0.841. The largest absolute Gasteiger partial charge is 0.460 e. The number of nitrogens with zero attached hydrogens (tertiary/aromatic N) is 2. The number of pyridine rings is 1. The summed E-state index contributed by atoms with van der Waals surface area (Å²) in [6.45, 7) is 4.90. The number of morpholine rings is 1. The lowest BCUT2D eigenvalue weighted by Crippen LogP contribution is -2.36. The van der Waals surface area contributed by atoms with Crippen LogP contribution in [-0.4, -0.2) is 49.6 Å². The number of carbonyl (C=O) groups is 2. The first kappa shape index (κ1) is 15.2. The molecule has 2 heterocycles. The Morgan fingerprint density at radius 1 is 1.38 bits per heavy atom. The standard InChI is InChI=1S/C15H18N2O4/c1-2-21-15(19)13(18)5-3-12-4-6-14(16-11-12)17-7-9-20-10-8-17/h3-6,11H,2,7-10H2,1H3. The van der Waals surface area contributed by atoms with Crippen LogP contribution < -0.4 is 4.90 Å². The van der Waals surface area contributed by atoms with Crippen LogP contribution in [0.1, 0.15) is 12.5 Å². The highest BCUT2D eigenvalue weighted by Gasteiger charge is 2.12. The van der Waals surface area contributed by atoms with Gasteiger partial charge in [-0.3, -0.25) is 4.79 Å². The van der Waals surface area contributed by atoms with Crippen molar-refractivity contribution in [2.75, 3.05) is 37.8 Å². The smallest absolute Gasteiger partial charge is 0.379 e. The maximum Gasteiger partial charge on any atom is 0.379 e. The maximum atomic E-state index is 11.4. The second-order valence-corrected chi connectivity index (χ2v) is 4.47. The number of rotatable bonds is 5. The van der Waals surface area contributed by atoms with E-state index in [-0.39, 0.29) is 6.61 Å². The van der Waals surface area contributed by atoms with E-state index >= 15 is 0 Å². The van der Waals surface area contributed by atoms with Crippen molar-refractivity contribution < 1.29 is 19.1 Å². The Kier molecular flexibility index (Phi) is 5.45. The Hall–Kier alpha value is -2.21. The van der Waals surface area contributed by atoms with Crippen LogP contribution in [0.15, 0.2) is 24.4 Å². The average Bonchev–Trinajstić information content (AvgIpc) is 2.54. The highest BCUT2D eigenvalue weighted by Crippen LogP contribution is 2.13. The molecule has 0 saturated carbocycles. The molecule has 0 radical (unpaired) electrons. The van der Waals surface area contributed by atoms with Gasteiger partial charge in [0.1, 0.15) is 5.82 Å². The molecule has 1 aliphatic heterocycles. The maximum absolute atomic E-state index is 11.4. The van der Waals surface area contributed by atoms with Crippen LogP contribution in [0.4, 0.5) is 5.82 Å². The predicted octanol–water partition coefficient (Wildman–Crippen LogP) is 1.06. The Bertz CT molecular complexity index is 519. The number of ether oxygens (including phenoxy) is 2. The Morgan fingerprint density at radius 3 is 2.76 bits per heavy atom. The lowest BCUT2D eigenvalue weighted by Gasteiger charge is -2.27. The molecule has 6 heteroatoms. The zero-order valence-corrected chi connectivity index (χ0v) is 11.9. The van der Waals surface area contributed by atoms with E-state index in [0.717, 1.165) is 24.5 Å². The molecule has 2 rings (SSSR count). The fourth-order valence-corrected chi connectivity index (χ4v) is 1.92. The average molecular weight is 290 g/mol. The van der Waals surface area contributed by atoms with Crippen LogP contribution >= 0.6 is 0 Å². The van der Waals surface area contributed by atoms with E-state index < -0.39 is 11.8 Å². The molecule has 0 bridgehead atoms. The van der Waals surface area contributed by atoms with Crippen molar-refractivity contribution in [1.29, 1.82) is 0 Å². The van der Waals surface area contributed by atoms with Crippen molar-refractivity contribution in [2.45, 2.75) is 6.92 Å². The van der Waals surface area contributed by atoms with E-state index in [1.165, 1.54) is 6.08 Å². The van der Waals surface area contributed by atoms with Gasteiger partial charge in [0.15, 0.2) is 0 Å². The van der Waals surface area contributed by atoms with E-state index in [4.69, 9.17) is 4.74 Å². The van der Waals surface area contributed by atoms with Gasteiger partial charge in [-0.05, 0) is 36.8 Å². The molecule has 6 nitrogen and oxygen atoms in total. The molecule has 1 aromatic heterocycles. The Labute approximate surface area is 123 Å². The molecule has 1 aliphatic rings. The molecule has 1 fully saturated rings. The van der Waals surface area contributed by atoms with E-state index in [0.29, 0.717) is 13.2 Å². The number of aromatic nitrogens is 1. The third-order valence-electron chi connectivity index (χ3n) is 3.01. The molecule has 0 amide bonds. The quantitative estimate of drug-likeness (QED) is 0.459. The predicted molar refractivity (Wildman–Crippen MR) is 77.9 cm³/mol. The molecular weight excluding hydrogens is 272 g/mol. The lowest BCUT2D eigenvalue weighted by atomic mass is 10.2. The number of hydrogen-bond donors (Lipinski definition) is 0. The van der Waals surface area contributed by atoms with Gasteiger partial charge in [0, 0.05) is 19.3 Å². The molecule has 112 valence electrons. The van der Waals surface area contributed by atoms with Gasteiger partial charge in [-0.25, -0.2) is 9.78 Å². The van der Waals surface area contributed by atoms with Gasteiger partial charge in [0.05, 0.1) is 19.8 Å².